The standard InChI is InChI=1S/C18H17FN4O2/c1-12(17(24)13-7-9-14(19)10-8-13)20-18(25)16-11-23(22-21-16)15-5-3-2-4-6-15/h2-12,17,24H,1H3,(H,20,25). The monoisotopic (exact) mass is 340 g/mol. The zero-order valence-corrected chi connectivity index (χ0v) is 13.5. The van der Waals surface area contributed by atoms with Crippen LogP contribution in [0.25, 0.3) is 5.69 Å². The summed E-state index contributed by atoms with van der Waals surface area (Å²) in [6.45, 7) is 1.66. The smallest absolute Gasteiger partial charge is 0.273 e. The second-order valence-corrected chi connectivity index (χ2v) is 5.64. The van der Waals surface area contributed by atoms with Gasteiger partial charge in [0.1, 0.15) is 5.82 Å². The Bertz CT molecular complexity index is 849. The topological polar surface area (TPSA) is 80.0 Å². The van der Waals surface area contributed by atoms with Crippen molar-refractivity contribution in [2.75, 3.05) is 0 Å². The number of hydrogen-bond acceptors (Lipinski definition) is 4. The summed E-state index contributed by atoms with van der Waals surface area (Å²) in [5, 5.41) is 20.7. The van der Waals surface area contributed by atoms with Crippen LogP contribution >= 0.6 is 0 Å². The lowest BCUT2D eigenvalue weighted by Crippen LogP contribution is -2.37. The zero-order chi connectivity index (χ0) is 17.8. The van der Waals surface area contributed by atoms with Gasteiger partial charge in [-0.2, -0.15) is 0 Å². The van der Waals surface area contributed by atoms with Gasteiger partial charge in [0.05, 0.1) is 24.0 Å². The van der Waals surface area contributed by atoms with Gasteiger partial charge in [-0.3, -0.25) is 4.79 Å². The molecule has 2 aromatic carbocycles. The molecule has 0 saturated heterocycles. The number of aliphatic hydroxyl groups is 1. The molecule has 6 nitrogen and oxygen atoms in total. The summed E-state index contributed by atoms with van der Waals surface area (Å²) in [5.41, 5.74) is 1.44. The molecular weight excluding hydrogens is 323 g/mol. The Morgan fingerprint density at radius 1 is 1.16 bits per heavy atom. The number of carbonyl (C=O) groups excluding carboxylic acids is 1. The highest BCUT2D eigenvalue weighted by atomic mass is 19.1. The molecule has 0 aliphatic heterocycles. The minimum absolute atomic E-state index is 0.141. The molecular formula is C18H17FN4O2. The van der Waals surface area contributed by atoms with Crippen LogP contribution in [0, 0.1) is 5.82 Å². The molecule has 3 aromatic rings. The van der Waals surface area contributed by atoms with Crippen molar-refractivity contribution >= 4 is 5.91 Å². The predicted molar refractivity (Wildman–Crippen MR) is 89.6 cm³/mol. The Morgan fingerprint density at radius 3 is 2.52 bits per heavy atom. The van der Waals surface area contributed by atoms with Gasteiger partial charge in [0, 0.05) is 0 Å². The number of halogens is 1. The summed E-state index contributed by atoms with van der Waals surface area (Å²) in [4.78, 5) is 12.3. The average Bonchev–Trinajstić information content (AvgIpc) is 3.13. The average molecular weight is 340 g/mol. The lowest BCUT2D eigenvalue weighted by atomic mass is 10.0. The molecule has 0 aliphatic rings. The van der Waals surface area contributed by atoms with Gasteiger partial charge in [-0.15, -0.1) is 5.10 Å². The van der Waals surface area contributed by atoms with Crippen molar-refractivity contribution in [3.8, 4) is 5.69 Å². The number of nitrogens with one attached hydrogen (secondary N) is 1. The van der Waals surface area contributed by atoms with Crippen molar-refractivity contribution in [3.63, 3.8) is 0 Å². The molecule has 1 heterocycles. The maximum absolute atomic E-state index is 13.0. The second kappa shape index (κ2) is 7.23. The van der Waals surface area contributed by atoms with Gasteiger partial charge in [0.2, 0.25) is 0 Å². The second-order valence-electron chi connectivity index (χ2n) is 5.64. The van der Waals surface area contributed by atoms with Crippen molar-refractivity contribution in [2.24, 2.45) is 0 Å². The summed E-state index contributed by atoms with van der Waals surface area (Å²) in [7, 11) is 0. The number of rotatable bonds is 5. The Hall–Kier alpha value is -3.06. The Kier molecular flexibility index (Phi) is 4.85. The van der Waals surface area contributed by atoms with Crippen molar-refractivity contribution in [3.05, 3.63) is 77.9 Å². The molecule has 0 bridgehead atoms. The highest BCUT2D eigenvalue weighted by Crippen LogP contribution is 2.17. The number of aliphatic hydroxyl groups excluding tert-OH is 1. The molecule has 0 fully saturated rings. The first kappa shape index (κ1) is 16.8. The van der Waals surface area contributed by atoms with E-state index < -0.39 is 18.1 Å². The van der Waals surface area contributed by atoms with Gasteiger partial charge in [-0.1, -0.05) is 35.5 Å². The van der Waals surface area contributed by atoms with Crippen molar-refractivity contribution in [1.82, 2.24) is 20.3 Å². The SMILES string of the molecule is CC(NC(=O)c1cn(-c2ccccc2)nn1)C(O)c1ccc(F)cc1. The Morgan fingerprint density at radius 2 is 1.84 bits per heavy atom. The Labute approximate surface area is 143 Å². The van der Waals surface area contributed by atoms with Gasteiger partial charge in [0.15, 0.2) is 5.69 Å². The molecule has 0 spiro atoms. The van der Waals surface area contributed by atoms with Crippen LogP contribution < -0.4 is 5.32 Å². The van der Waals surface area contributed by atoms with Crippen molar-refractivity contribution < 1.29 is 14.3 Å². The minimum Gasteiger partial charge on any atom is -0.386 e. The van der Waals surface area contributed by atoms with Crippen LogP contribution in [0.15, 0.2) is 60.8 Å². The maximum atomic E-state index is 13.0. The molecule has 7 heteroatoms. The lowest BCUT2D eigenvalue weighted by molar-refractivity contribution is 0.0847. The molecule has 3 rings (SSSR count). The number of para-hydroxylation sites is 1. The molecule has 1 amide bonds. The summed E-state index contributed by atoms with van der Waals surface area (Å²) in [5.74, 6) is -0.832. The molecule has 25 heavy (non-hydrogen) atoms. The first-order valence-electron chi connectivity index (χ1n) is 7.77. The van der Waals surface area contributed by atoms with Crippen molar-refractivity contribution in [1.29, 1.82) is 0 Å². The van der Waals surface area contributed by atoms with Crippen molar-refractivity contribution in [2.45, 2.75) is 19.1 Å². The van der Waals surface area contributed by atoms with Crippen LogP contribution in [0.5, 0.6) is 0 Å². The van der Waals surface area contributed by atoms with Crippen LogP contribution in [0.2, 0.25) is 0 Å². The molecule has 2 unspecified atom stereocenters. The largest absolute Gasteiger partial charge is 0.386 e. The van der Waals surface area contributed by atoms with Crippen LogP contribution in [0.3, 0.4) is 0 Å². The molecule has 2 atom stereocenters. The van der Waals surface area contributed by atoms with E-state index in [1.807, 2.05) is 30.3 Å². The molecule has 0 radical (unpaired) electrons. The number of nitrogens with zero attached hydrogens (tertiary/aromatic N) is 3. The van der Waals surface area contributed by atoms with Crippen LogP contribution in [-0.2, 0) is 0 Å². The highest BCUT2D eigenvalue weighted by molar-refractivity contribution is 5.92. The molecule has 2 N–H and O–H groups in total. The molecule has 0 aliphatic carbocycles. The summed E-state index contributed by atoms with van der Waals surface area (Å²) in [6, 6.07) is 14.2. The van der Waals surface area contributed by atoms with Gasteiger partial charge in [0.25, 0.3) is 5.91 Å². The van der Waals surface area contributed by atoms with E-state index in [2.05, 4.69) is 15.6 Å². The van der Waals surface area contributed by atoms with Gasteiger partial charge in [-0.05, 0) is 36.8 Å². The van der Waals surface area contributed by atoms with Crippen LogP contribution in [0.4, 0.5) is 4.39 Å². The third-order valence-corrected chi connectivity index (χ3v) is 3.79. The summed E-state index contributed by atoms with van der Waals surface area (Å²) >= 11 is 0. The van der Waals surface area contributed by atoms with Crippen LogP contribution in [-0.4, -0.2) is 32.0 Å². The normalized spacial score (nSPS) is 13.2. The fourth-order valence-corrected chi connectivity index (χ4v) is 2.38. The number of benzene rings is 2. The number of hydrogen-bond donors (Lipinski definition) is 2. The van der Waals surface area contributed by atoms with E-state index >= 15 is 0 Å². The van der Waals surface area contributed by atoms with E-state index in [9.17, 15) is 14.3 Å². The summed E-state index contributed by atoms with van der Waals surface area (Å²) < 4.78 is 14.5. The molecule has 0 saturated carbocycles. The lowest BCUT2D eigenvalue weighted by Gasteiger charge is -2.20. The van der Waals surface area contributed by atoms with E-state index in [-0.39, 0.29) is 11.5 Å². The third-order valence-electron chi connectivity index (χ3n) is 3.79. The third kappa shape index (κ3) is 3.89. The van der Waals surface area contributed by atoms with Gasteiger partial charge >= 0.3 is 0 Å². The number of amides is 1. The Balaban J connectivity index is 1.67. The van der Waals surface area contributed by atoms with E-state index in [1.54, 1.807) is 6.92 Å². The fourth-order valence-electron chi connectivity index (χ4n) is 2.38. The quantitative estimate of drug-likeness (QED) is 0.747. The fraction of sp³-hybridized carbons (Fsp3) is 0.167. The van der Waals surface area contributed by atoms with E-state index in [0.29, 0.717) is 5.56 Å². The first-order valence-corrected chi connectivity index (χ1v) is 7.77. The van der Waals surface area contributed by atoms with Crippen LogP contribution in [0.1, 0.15) is 29.1 Å². The number of carbonyl (C=O) groups is 1. The van der Waals surface area contributed by atoms with E-state index in [1.165, 1.54) is 35.1 Å². The summed E-state index contributed by atoms with van der Waals surface area (Å²) in [6.07, 6.45) is 0.551. The minimum atomic E-state index is -0.964. The van der Waals surface area contributed by atoms with Gasteiger partial charge < -0.3 is 10.4 Å². The van der Waals surface area contributed by atoms with E-state index in [0.717, 1.165) is 5.69 Å². The maximum Gasteiger partial charge on any atom is 0.273 e. The number of aromatic nitrogens is 3. The zero-order valence-electron chi connectivity index (χ0n) is 13.5. The first-order chi connectivity index (χ1) is 12.0. The predicted octanol–water partition coefficient (Wildman–Crippen LogP) is 2.26. The highest BCUT2D eigenvalue weighted by Gasteiger charge is 2.21. The van der Waals surface area contributed by atoms with E-state index in [4.69, 9.17) is 0 Å². The van der Waals surface area contributed by atoms with Gasteiger partial charge in [-0.25, -0.2) is 9.07 Å². The molecule has 1 aromatic heterocycles. The molecule has 128 valence electrons.